The topological polar surface area (TPSA) is 41.1 Å². The van der Waals surface area contributed by atoms with Crippen molar-refractivity contribution in [3.63, 3.8) is 0 Å². The fourth-order valence-corrected chi connectivity index (χ4v) is 3.57. The molecule has 2 fully saturated rings. The van der Waals surface area contributed by atoms with Crippen molar-refractivity contribution in [1.82, 2.24) is 10.6 Å². The van der Waals surface area contributed by atoms with E-state index in [-0.39, 0.29) is 5.91 Å². The van der Waals surface area contributed by atoms with Crippen LogP contribution in [0.5, 0.6) is 0 Å². The molecule has 1 aliphatic heterocycles. The molecule has 4 unspecified atom stereocenters. The summed E-state index contributed by atoms with van der Waals surface area (Å²) in [6.45, 7) is 6.86. The lowest BCUT2D eigenvalue weighted by molar-refractivity contribution is -0.122. The first-order valence-corrected chi connectivity index (χ1v) is 8.17. The van der Waals surface area contributed by atoms with Gasteiger partial charge in [0.25, 0.3) is 0 Å². The molecule has 110 valence electrons. The van der Waals surface area contributed by atoms with Gasteiger partial charge >= 0.3 is 0 Å². The Morgan fingerprint density at radius 1 is 1.21 bits per heavy atom. The van der Waals surface area contributed by atoms with Crippen LogP contribution in [0.15, 0.2) is 0 Å². The average Bonchev–Trinajstić information content (AvgIpc) is 2.43. The summed E-state index contributed by atoms with van der Waals surface area (Å²) in [5, 5.41) is 6.70. The zero-order valence-corrected chi connectivity index (χ0v) is 12.6. The van der Waals surface area contributed by atoms with Crippen molar-refractivity contribution in [3.8, 4) is 0 Å². The molecule has 4 atom stereocenters. The molecule has 1 amide bonds. The van der Waals surface area contributed by atoms with Gasteiger partial charge in [-0.05, 0) is 56.5 Å². The molecular formula is C16H30N2O. The van der Waals surface area contributed by atoms with Gasteiger partial charge in [0, 0.05) is 12.5 Å². The first-order chi connectivity index (χ1) is 9.16. The second kappa shape index (κ2) is 7.28. The highest BCUT2D eigenvalue weighted by Gasteiger charge is 2.28. The third-order valence-corrected chi connectivity index (χ3v) is 5.23. The maximum absolute atomic E-state index is 12.1. The van der Waals surface area contributed by atoms with Gasteiger partial charge < -0.3 is 10.6 Å². The molecule has 3 nitrogen and oxygen atoms in total. The van der Waals surface area contributed by atoms with Gasteiger partial charge in [0.1, 0.15) is 0 Å². The second-order valence-corrected chi connectivity index (χ2v) is 6.69. The number of carbonyl (C=O) groups is 1. The van der Waals surface area contributed by atoms with E-state index in [0.717, 1.165) is 25.4 Å². The van der Waals surface area contributed by atoms with Crippen LogP contribution in [-0.4, -0.2) is 25.0 Å². The van der Waals surface area contributed by atoms with Gasteiger partial charge in [0.2, 0.25) is 5.91 Å². The number of amides is 1. The molecule has 0 aromatic rings. The van der Waals surface area contributed by atoms with E-state index in [0.29, 0.717) is 24.3 Å². The summed E-state index contributed by atoms with van der Waals surface area (Å²) in [6.07, 6.45) is 8.08. The second-order valence-electron chi connectivity index (χ2n) is 6.69. The average molecular weight is 266 g/mol. The summed E-state index contributed by atoms with van der Waals surface area (Å²) in [7, 11) is 0. The van der Waals surface area contributed by atoms with Crippen LogP contribution in [0.1, 0.15) is 58.8 Å². The summed E-state index contributed by atoms with van der Waals surface area (Å²) >= 11 is 0. The largest absolute Gasteiger partial charge is 0.353 e. The number of hydrogen-bond acceptors (Lipinski definition) is 2. The number of hydrogen-bond donors (Lipinski definition) is 2. The van der Waals surface area contributed by atoms with Crippen LogP contribution in [0, 0.1) is 17.8 Å². The van der Waals surface area contributed by atoms with E-state index in [1.165, 1.54) is 32.1 Å². The Hall–Kier alpha value is -0.570. The Morgan fingerprint density at radius 3 is 2.79 bits per heavy atom. The van der Waals surface area contributed by atoms with Crippen molar-refractivity contribution in [2.24, 2.45) is 17.8 Å². The molecule has 2 rings (SSSR count). The van der Waals surface area contributed by atoms with Crippen LogP contribution >= 0.6 is 0 Å². The Morgan fingerprint density at radius 2 is 2.05 bits per heavy atom. The zero-order valence-electron chi connectivity index (χ0n) is 12.6. The van der Waals surface area contributed by atoms with Crippen molar-refractivity contribution >= 4 is 5.91 Å². The smallest absolute Gasteiger partial charge is 0.220 e. The SMILES string of the molecule is CC1CCCC(NC(=O)CCC2CCCNC2)C1C. The molecule has 1 aliphatic carbocycles. The molecule has 1 saturated carbocycles. The first-order valence-electron chi connectivity index (χ1n) is 8.17. The van der Waals surface area contributed by atoms with E-state index >= 15 is 0 Å². The predicted molar refractivity (Wildman–Crippen MR) is 78.9 cm³/mol. The van der Waals surface area contributed by atoms with Crippen molar-refractivity contribution in [2.45, 2.75) is 64.8 Å². The van der Waals surface area contributed by atoms with E-state index in [1.54, 1.807) is 0 Å². The monoisotopic (exact) mass is 266 g/mol. The molecule has 3 heteroatoms. The molecule has 0 radical (unpaired) electrons. The molecule has 0 aromatic carbocycles. The third kappa shape index (κ3) is 4.48. The summed E-state index contributed by atoms with van der Waals surface area (Å²) in [4.78, 5) is 12.1. The zero-order chi connectivity index (χ0) is 13.7. The van der Waals surface area contributed by atoms with Crippen molar-refractivity contribution in [1.29, 1.82) is 0 Å². The minimum atomic E-state index is 0.275. The van der Waals surface area contributed by atoms with Gasteiger partial charge in [0.15, 0.2) is 0 Å². The molecule has 2 N–H and O–H groups in total. The summed E-state index contributed by atoms with van der Waals surface area (Å²) in [6, 6.07) is 0.417. The lowest BCUT2D eigenvalue weighted by Crippen LogP contribution is -2.43. The van der Waals surface area contributed by atoms with E-state index < -0.39 is 0 Å². The number of rotatable bonds is 4. The van der Waals surface area contributed by atoms with Crippen LogP contribution in [0.3, 0.4) is 0 Å². The highest BCUT2D eigenvalue weighted by molar-refractivity contribution is 5.76. The first kappa shape index (κ1) is 14.8. The van der Waals surface area contributed by atoms with Crippen LogP contribution in [0.25, 0.3) is 0 Å². The van der Waals surface area contributed by atoms with E-state index in [4.69, 9.17) is 0 Å². The summed E-state index contributed by atoms with van der Waals surface area (Å²) in [5.74, 6) is 2.37. The molecule has 19 heavy (non-hydrogen) atoms. The molecule has 2 aliphatic rings. The highest BCUT2D eigenvalue weighted by atomic mass is 16.1. The molecule has 0 spiro atoms. The van der Waals surface area contributed by atoms with Gasteiger partial charge in [-0.3, -0.25) is 4.79 Å². The summed E-state index contributed by atoms with van der Waals surface area (Å²) < 4.78 is 0. The van der Waals surface area contributed by atoms with Crippen molar-refractivity contribution in [3.05, 3.63) is 0 Å². The fraction of sp³-hybridized carbons (Fsp3) is 0.938. The number of nitrogens with one attached hydrogen (secondary N) is 2. The number of carbonyl (C=O) groups excluding carboxylic acids is 1. The van der Waals surface area contributed by atoms with Gasteiger partial charge in [-0.2, -0.15) is 0 Å². The van der Waals surface area contributed by atoms with E-state index in [9.17, 15) is 4.79 Å². The van der Waals surface area contributed by atoms with Crippen LogP contribution < -0.4 is 10.6 Å². The lowest BCUT2D eigenvalue weighted by Gasteiger charge is -2.34. The molecule has 1 heterocycles. The highest BCUT2D eigenvalue weighted by Crippen LogP contribution is 2.29. The predicted octanol–water partition coefficient (Wildman–Crippen LogP) is 2.71. The van der Waals surface area contributed by atoms with Crippen LogP contribution in [0.2, 0.25) is 0 Å². The molecule has 0 bridgehead atoms. The Balaban J connectivity index is 1.68. The van der Waals surface area contributed by atoms with Gasteiger partial charge in [0.05, 0.1) is 0 Å². The maximum Gasteiger partial charge on any atom is 0.220 e. The fourth-order valence-electron chi connectivity index (χ4n) is 3.57. The lowest BCUT2D eigenvalue weighted by atomic mass is 9.78. The number of piperidine rings is 1. The van der Waals surface area contributed by atoms with Gasteiger partial charge in [-0.15, -0.1) is 0 Å². The quantitative estimate of drug-likeness (QED) is 0.821. The van der Waals surface area contributed by atoms with E-state index in [1.807, 2.05) is 0 Å². The Kier molecular flexibility index (Phi) is 5.68. The van der Waals surface area contributed by atoms with Gasteiger partial charge in [-0.1, -0.05) is 26.7 Å². The third-order valence-electron chi connectivity index (χ3n) is 5.23. The standard InChI is InChI=1S/C16H30N2O/c1-12-5-3-7-15(13(12)2)18-16(19)9-8-14-6-4-10-17-11-14/h12-15,17H,3-11H2,1-2H3,(H,18,19). The Labute approximate surface area is 117 Å². The normalized spacial score (nSPS) is 35.9. The van der Waals surface area contributed by atoms with E-state index in [2.05, 4.69) is 24.5 Å². The minimum absolute atomic E-state index is 0.275. The van der Waals surface area contributed by atoms with Gasteiger partial charge in [-0.25, -0.2) is 0 Å². The molecule has 1 saturated heterocycles. The van der Waals surface area contributed by atoms with Crippen molar-refractivity contribution < 1.29 is 4.79 Å². The molecule has 0 aromatic heterocycles. The Bertz CT molecular complexity index is 286. The minimum Gasteiger partial charge on any atom is -0.353 e. The van der Waals surface area contributed by atoms with Crippen molar-refractivity contribution in [2.75, 3.05) is 13.1 Å². The van der Waals surface area contributed by atoms with Crippen LogP contribution in [-0.2, 0) is 4.79 Å². The maximum atomic E-state index is 12.1. The van der Waals surface area contributed by atoms with Crippen LogP contribution in [0.4, 0.5) is 0 Å². The summed E-state index contributed by atoms with van der Waals surface area (Å²) in [5.41, 5.74) is 0. The molecular weight excluding hydrogens is 236 g/mol.